The number of ketones is 2. The molecule has 1 aliphatic heterocycles. The van der Waals surface area contributed by atoms with Crippen molar-refractivity contribution in [2.75, 3.05) is 39.3 Å². The highest BCUT2D eigenvalue weighted by molar-refractivity contribution is 5.97. The van der Waals surface area contributed by atoms with E-state index >= 15 is 0 Å². The third-order valence-electron chi connectivity index (χ3n) is 6.47. The van der Waals surface area contributed by atoms with Gasteiger partial charge in [-0.15, -0.1) is 0 Å². The first-order valence-corrected chi connectivity index (χ1v) is 11.9. The summed E-state index contributed by atoms with van der Waals surface area (Å²) in [5.74, 6) is 1.82. The maximum Gasteiger partial charge on any atom is 0.164 e. The molecule has 0 N–H and O–H groups in total. The zero-order valence-electron chi connectivity index (χ0n) is 19.9. The molecule has 172 valence electrons. The Kier molecular flexibility index (Phi) is 8.60. The molecule has 0 aromatic heterocycles. The van der Waals surface area contributed by atoms with E-state index in [-0.39, 0.29) is 11.6 Å². The van der Waals surface area contributed by atoms with Gasteiger partial charge in [-0.3, -0.25) is 9.59 Å². The van der Waals surface area contributed by atoms with Crippen LogP contribution in [0.3, 0.4) is 0 Å². The zero-order chi connectivity index (χ0) is 23.1. The average Bonchev–Trinajstić information content (AvgIpc) is 2.82. The molecule has 1 heterocycles. The molecule has 0 saturated carbocycles. The third-order valence-corrected chi connectivity index (χ3v) is 6.47. The summed E-state index contributed by atoms with van der Waals surface area (Å²) in [6, 6.07) is 11.5. The fourth-order valence-corrected chi connectivity index (χ4v) is 4.17. The monoisotopic (exact) mass is 436 g/mol. The molecule has 0 bridgehead atoms. The predicted molar refractivity (Wildman–Crippen MR) is 129 cm³/mol. The minimum atomic E-state index is 0.142. The molecule has 2 aromatic rings. The summed E-state index contributed by atoms with van der Waals surface area (Å²) >= 11 is 0. The Morgan fingerprint density at radius 2 is 1.25 bits per heavy atom. The molecule has 0 spiro atoms. The number of benzene rings is 2. The van der Waals surface area contributed by atoms with Crippen LogP contribution in [0.1, 0.15) is 72.4 Å². The molecule has 2 aromatic carbocycles. The van der Waals surface area contributed by atoms with E-state index < -0.39 is 0 Å². The van der Waals surface area contributed by atoms with Crippen molar-refractivity contribution in [2.24, 2.45) is 0 Å². The lowest BCUT2D eigenvalue weighted by molar-refractivity contribution is 0.0958. The second-order valence-electron chi connectivity index (χ2n) is 8.32. The Labute approximate surface area is 192 Å². The maximum atomic E-state index is 12.7. The molecule has 0 unspecified atom stereocenters. The molecule has 0 atom stereocenters. The molecule has 0 fully saturated rings. The SMILES string of the molecule is CCN(CC)CCC(=O)c1ccc2c(c1)Cc1ccc(C(=O)CCN(CC)CC)cc1O2. The number of nitrogens with zero attached hydrogens (tertiary/aromatic N) is 2. The van der Waals surface area contributed by atoms with Crippen LogP contribution in [0.2, 0.25) is 0 Å². The van der Waals surface area contributed by atoms with Gasteiger partial charge in [-0.1, -0.05) is 39.8 Å². The Bertz CT molecular complexity index is 868. The third kappa shape index (κ3) is 5.84. The Morgan fingerprint density at radius 1 is 0.719 bits per heavy atom. The van der Waals surface area contributed by atoms with E-state index in [1.807, 2.05) is 36.4 Å². The van der Waals surface area contributed by atoms with E-state index in [4.69, 9.17) is 4.74 Å². The summed E-state index contributed by atoms with van der Waals surface area (Å²) < 4.78 is 6.12. The number of ether oxygens (including phenoxy) is 1. The first kappa shape index (κ1) is 24.1. The first-order valence-electron chi connectivity index (χ1n) is 11.9. The highest BCUT2D eigenvalue weighted by Gasteiger charge is 2.20. The van der Waals surface area contributed by atoms with E-state index in [2.05, 4.69) is 37.5 Å². The summed E-state index contributed by atoms with van der Waals surface area (Å²) in [6.45, 7) is 13.8. The molecule has 0 saturated heterocycles. The summed E-state index contributed by atoms with van der Waals surface area (Å²) in [5.41, 5.74) is 3.51. The summed E-state index contributed by atoms with van der Waals surface area (Å²) in [7, 11) is 0. The minimum absolute atomic E-state index is 0.142. The van der Waals surface area contributed by atoms with Crippen LogP contribution in [-0.2, 0) is 6.42 Å². The predicted octanol–water partition coefficient (Wildman–Crippen LogP) is 5.21. The Morgan fingerprint density at radius 3 is 1.81 bits per heavy atom. The maximum absolute atomic E-state index is 12.7. The van der Waals surface area contributed by atoms with Crippen LogP contribution in [0.5, 0.6) is 11.5 Å². The molecule has 5 nitrogen and oxygen atoms in total. The molecular weight excluding hydrogens is 400 g/mol. The average molecular weight is 437 g/mol. The van der Waals surface area contributed by atoms with Crippen molar-refractivity contribution < 1.29 is 14.3 Å². The van der Waals surface area contributed by atoms with Gasteiger partial charge in [0.05, 0.1) is 0 Å². The molecule has 5 heteroatoms. The lowest BCUT2D eigenvalue weighted by Crippen LogP contribution is -2.25. The Balaban J connectivity index is 1.67. The number of fused-ring (bicyclic) bond motifs is 2. The van der Waals surface area contributed by atoms with Crippen molar-refractivity contribution in [3.8, 4) is 11.5 Å². The van der Waals surface area contributed by atoms with Gasteiger partial charge in [0.15, 0.2) is 11.6 Å². The Hall–Kier alpha value is -2.50. The van der Waals surface area contributed by atoms with Crippen LogP contribution < -0.4 is 4.74 Å². The molecule has 1 aliphatic rings. The van der Waals surface area contributed by atoms with Crippen LogP contribution in [-0.4, -0.2) is 60.6 Å². The molecular formula is C27H36N2O3. The minimum Gasteiger partial charge on any atom is -0.457 e. The van der Waals surface area contributed by atoms with Gasteiger partial charge >= 0.3 is 0 Å². The van der Waals surface area contributed by atoms with Crippen LogP contribution in [0.4, 0.5) is 0 Å². The summed E-state index contributed by atoms with van der Waals surface area (Å²) in [6.07, 6.45) is 1.74. The van der Waals surface area contributed by atoms with Crippen molar-refractivity contribution in [1.82, 2.24) is 9.80 Å². The van der Waals surface area contributed by atoms with Crippen LogP contribution in [0, 0.1) is 0 Å². The van der Waals surface area contributed by atoms with Crippen molar-refractivity contribution in [2.45, 2.75) is 47.0 Å². The normalized spacial score (nSPS) is 12.4. The number of carbonyl (C=O) groups is 2. The van der Waals surface area contributed by atoms with Gasteiger partial charge in [-0.05, 0) is 56.0 Å². The van der Waals surface area contributed by atoms with E-state index in [1.165, 1.54) is 0 Å². The number of Topliss-reactive ketones (excluding diaryl/α,β-unsaturated/α-hetero) is 2. The van der Waals surface area contributed by atoms with Gasteiger partial charge in [0.25, 0.3) is 0 Å². The quantitative estimate of drug-likeness (QED) is 0.365. The zero-order valence-corrected chi connectivity index (χ0v) is 19.9. The molecule has 3 rings (SSSR count). The van der Waals surface area contributed by atoms with Gasteiger partial charge in [-0.2, -0.15) is 0 Å². The summed E-state index contributed by atoms with van der Waals surface area (Å²) in [4.78, 5) is 29.9. The highest BCUT2D eigenvalue weighted by atomic mass is 16.5. The number of rotatable bonds is 12. The molecule has 0 radical (unpaired) electrons. The van der Waals surface area contributed by atoms with Crippen molar-refractivity contribution in [3.05, 3.63) is 58.7 Å². The second kappa shape index (κ2) is 11.4. The van der Waals surface area contributed by atoms with Gasteiger partial charge < -0.3 is 14.5 Å². The van der Waals surface area contributed by atoms with Crippen LogP contribution >= 0.6 is 0 Å². The topological polar surface area (TPSA) is 49.9 Å². The van der Waals surface area contributed by atoms with E-state index in [1.54, 1.807) is 0 Å². The van der Waals surface area contributed by atoms with Crippen LogP contribution in [0.15, 0.2) is 36.4 Å². The standard InChI is InChI=1S/C27H36N2O3/c1-5-28(6-2)15-13-24(30)20-11-12-26-23(17-20)18-22-10-9-21(19-27(22)32-26)25(31)14-16-29(7-3)8-4/h9-12,17,19H,5-8,13-16,18H2,1-4H3. The van der Waals surface area contributed by atoms with E-state index in [9.17, 15) is 9.59 Å². The molecule has 32 heavy (non-hydrogen) atoms. The fourth-order valence-electron chi connectivity index (χ4n) is 4.17. The largest absolute Gasteiger partial charge is 0.457 e. The van der Waals surface area contributed by atoms with Crippen molar-refractivity contribution in [1.29, 1.82) is 0 Å². The fraction of sp³-hybridized carbons (Fsp3) is 0.481. The van der Waals surface area contributed by atoms with Gasteiger partial charge in [0, 0.05) is 49.0 Å². The molecule has 0 amide bonds. The van der Waals surface area contributed by atoms with Crippen molar-refractivity contribution in [3.63, 3.8) is 0 Å². The van der Waals surface area contributed by atoms with Gasteiger partial charge in [0.2, 0.25) is 0 Å². The number of hydrogen-bond donors (Lipinski definition) is 0. The number of hydrogen-bond acceptors (Lipinski definition) is 5. The highest BCUT2D eigenvalue weighted by Crippen LogP contribution is 2.37. The second-order valence-corrected chi connectivity index (χ2v) is 8.32. The lowest BCUT2D eigenvalue weighted by atomic mass is 9.95. The van der Waals surface area contributed by atoms with Gasteiger partial charge in [0.1, 0.15) is 11.5 Å². The van der Waals surface area contributed by atoms with Gasteiger partial charge in [-0.25, -0.2) is 0 Å². The van der Waals surface area contributed by atoms with E-state index in [0.29, 0.717) is 24.8 Å². The number of carbonyl (C=O) groups excluding carboxylic acids is 2. The lowest BCUT2D eigenvalue weighted by Gasteiger charge is -2.22. The summed E-state index contributed by atoms with van der Waals surface area (Å²) in [5, 5.41) is 0. The smallest absolute Gasteiger partial charge is 0.164 e. The first-order chi connectivity index (χ1) is 15.5. The van der Waals surface area contributed by atoms with Crippen LogP contribution in [0.25, 0.3) is 0 Å². The van der Waals surface area contributed by atoms with E-state index in [0.717, 1.165) is 67.5 Å². The molecule has 0 aliphatic carbocycles. The van der Waals surface area contributed by atoms with Crippen molar-refractivity contribution >= 4 is 11.6 Å².